The Morgan fingerprint density at radius 3 is 3.12 bits per heavy atom. The molecule has 1 aliphatic rings. The van der Waals surface area contributed by atoms with Crippen molar-refractivity contribution in [2.45, 2.75) is 32.1 Å². The Morgan fingerprint density at radius 1 is 1.44 bits per heavy atom. The summed E-state index contributed by atoms with van der Waals surface area (Å²) >= 11 is 0. The van der Waals surface area contributed by atoms with Crippen LogP contribution >= 0.6 is 0 Å². The minimum Gasteiger partial charge on any atom is -0.481 e. The number of hydrogen-bond donors (Lipinski definition) is 2. The number of rotatable bonds is 5. The molecule has 0 amide bonds. The van der Waals surface area contributed by atoms with Gasteiger partial charge in [0.25, 0.3) is 0 Å². The number of aliphatic carboxylic acids is 1. The first-order valence-corrected chi connectivity index (χ1v) is 5.70. The minimum atomic E-state index is -0.747. The first-order chi connectivity index (χ1) is 7.75. The van der Waals surface area contributed by atoms with Crippen molar-refractivity contribution < 1.29 is 9.90 Å². The van der Waals surface area contributed by atoms with Gasteiger partial charge in [-0.2, -0.15) is 0 Å². The van der Waals surface area contributed by atoms with E-state index in [-0.39, 0.29) is 6.42 Å². The molecule has 4 heteroatoms. The van der Waals surface area contributed by atoms with Crippen molar-refractivity contribution >= 4 is 11.8 Å². The molecule has 0 aliphatic heterocycles. The molecule has 86 valence electrons. The van der Waals surface area contributed by atoms with E-state index in [2.05, 4.69) is 16.4 Å². The molecule has 0 fully saturated rings. The molecule has 0 spiro atoms. The smallest absolute Gasteiger partial charge is 0.303 e. The molecule has 0 saturated carbocycles. The van der Waals surface area contributed by atoms with Crippen LogP contribution in [0.15, 0.2) is 12.1 Å². The summed E-state index contributed by atoms with van der Waals surface area (Å²) in [7, 11) is 0. The number of carbonyl (C=O) groups is 1. The van der Waals surface area contributed by atoms with Crippen molar-refractivity contribution in [3.63, 3.8) is 0 Å². The SMILES string of the molecule is O=C(O)CCCNc1ccc2c(n1)CCC2. The molecule has 0 unspecified atom stereocenters. The van der Waals surface area contributed by atoms with Crippen LogP contribution in [0.1, 0.15) is 30.5 Å². The van der Waals surface area contributed by atoms with Crippen LogP contribution in [-0.4, -0.2) is 22.6 Å². The second kappa shape index (κ2) is 4.96. The third kappa shape index (κ3) is 2.72. The van der Waals surface area contributed by atoms with Gasteiger partial charge >= 0.3 is 5.97 Å². The summed E-state index contributed by atoms with van der Waals surface area (Å²) in [6, 6.07) is 4.10. The van der Waals surface area contributed by atoms with E-state index in [9.17, 15) is 4.79 Å². The minimum absolute atomic E-state index is 0.206. The normalized spacial score (nSPS) is 13.5. The van der Waals surface area contributed by atoms with Gasteiger partial charge in [0, 0.05) is 18.7 Å². The van der Waals surface area contributed by atoms with E-state index in [0.29, 0.717) is 13.0 Å². The van der Waals surface area contributed by atoms with E-state index >= 15 is 0 Å². The average Bonchev–Trinajstić information content (AvgIpc) is 2.71. The molecule has 2 rings (SSSR count). The van der Waals surface area contributed by atoms with Crippen LogP contribution in [0.5, 0.6) is 0 Å². The molecular formula is C12H16N2O2. The number of aryl methyl sites for hydroxylation is 2. The maximum absolute atomic E-state index is 10.3. The third-order valence-corrected chi connectivity index (χ3v) is 2.80. The highest BCUT2D eigenvalue weighted by atomic mass is 16.4. The molecule has 4 nitrogen and oxygen atoms in total. The first kappa shape index (κ1) is 10.9. The zero-order valence-corrected chi connectivity index (χ0v) is 9.20. The van der Waals surface area contributed by atoms with Gasteiger partial charge in [-0.1, -0.05) is 6.07 Å². The van der Waals surface area contributed by atoms with Gasteiger partial charge in [0.05, 0.1) is 0 Å². The summed E-state index contributed by atoms with van der Waals surface area (Å²) in [6.07, 6.45) is 4.25. The van der Waals surface area contributed by atoms with Crippen LogP contribution in [0.25, 0.3) is 0 Å². The van der Waals surface area contributed by atoms with Gasteiger partial charge in [0.2, 0.25) is 0 Å². The van der Waals surface area contributed by atoms with Gasteiger partial charge in [-0.15, -0.1) is 0 Å². The molecular weight excluding hydrogens is 204 g/mol. The number of carboxylic acid groups (broad SMARTS) is 1. The Hall–Kier alpha value is -1.58. The lowest BCUT2D eigenvalue weighted by Crippen LogP contribution is -2.06. The van der Waals surface area contributed by atoms with Crippen molar-refractivity contribution in [3.8, 4) is 0 Å². The number of pyridine rings is 1. The van der Waals surface area contributed by atoms with Crippen LogP contribution in [0.2, 0.25) is 0 Å². The number of nitrogens with one attached hydrogen (secondary N) is 1. The van der Waals surface area contributed by atoms with Crippen LogP contribution < -0.4 is 5.32 Å². The number of hydrogen-bond acceptors (Lipinski definition) is 3. The van der Waals surface area contributed by atoms with Gasteiger partial charge in [0.1, 0.15) is 5.82 Å². The molecule has 0 radical (unpaired) electrons. The predicted molar refractivity (Wildman–Crippen MR) is 61.6 cm³/mol. The lowest BCUT2D eigenvalue weighted by Gasteiger charge is -2.06. The summed E-state index contributed by atoms with van der Waals surface area (Å²) < 4.78 is 0. The molecule has 2 N–H and O–H groups in total. The van der Waals surface area contributed by atoms with Crippen molar-refractivity contribution in [1.82, 2.24) is 4.98 Å². The van der Waals surface area contributed by atoms with E-state index in [0.717, 1.165) is 18.7 Å². The third-order valence-electron chi connectivity index (χ3n) is 2.80. The number of nitrogens with zero attached hydrogens (tertiary/aromatic N) is 1. The van der Waals surface area contributed by atoms with Gasteiger partial charge in [-0.25, -0.2) is 4.98 Å². The molecule has 0 saturated heterocycles. The Labute approximate surface area is 94.7 Å². The standard InChI is InChI=1S/C12H16N2O2/c15-12(16)5-2-8-13-11-7-6-9-3-1-4-10(9)14-11/h6-7H,1-5,8H2,(H,13,14)(H,15,16). The fourth-order valence-electron chi connectivity index (χ4n) is 1.98. The molecule has 1 aromatic rings. The maximum atomic E-state index is 10.3. The first-order valence-electron chi connectivity index (χ1n) is 5.70. The summed E-state index contributed by atoms with van der Waals surface area (Å²) in [6.45, 7) is 0.665. The van der Waals surface area contributed by atoms with Gasteiger partial charge < -0.3 is 10.4 Å². The number of carboxylic acids is 1. The zero-order valence-electron chi connectivity index (χ0n) is 9.20. The van der Waals surface area contributed by atoms with Crippen molar-refractivity contribution in [1.29, 1.82) is 0 Å². The average molecular weight is 220 g/mol. The Morgan fingerprint density at radius 2 is 2.31 bits per heavy atom. The van der Waals surface area contributed by atoms with E-state index in [4.69, 9.17) is 5.11 Å². The maximum Gasteiger partial charge on any atom is 0.303 e. The van der Waals surface area contributed by atoms with E-state index < -0.39 is 5.97 Å². The largest absolute Gasteiger partial charge is 0.481 e. The molecule has 1 aliphatic carbocycles. The quantitative estimate of drug-likeness (QED) is 0.743. The second-order valence-electron chi connectivity index (χ2n) is 4.08. The Kier molecular flexibility index (Phi) is 3.39. The zero-order chi connectivity index (χ0) is 11.4. The Balaban J connectivity index is 1.83. The lowest BCUT2D eigenvalue weighted by atomic mass is 10.2. The molecule has 1 heterocycles. The van der Waals surface area contributed by atoms with Gasteiger partial charge in [-0.05, 0) is 37.3 Å². The number of anilines is 1. The topological polar surface area (TPSA) is 62.2 Å². The molecule has 1 aromatic heterocycles. The second-order valence-corrected chi connectivity index (χ2v) is 4.08. The van der Waals surface area contributed by atoms with E-state index in [1.165, 1.54) is 17.7 Å². The summed E-state index contributed by atoms with van der Waals surface area (Å²) in [5.41, 5.74) is 2.55. The monoisotopic (exact) mass is 220 g/mol. The highest BCUT2D eigenvalue weighted by Crippen LogP contribution is 2.21. The number of aromatic nitrogens is 1. The molecule has 0 atom stereocenters. The van der Waals surface area contributed by atoms with E-state index in [1.54, 1.807) is 0 Å². The Bertz CT molecular complexity index is 391. The molecule has 16 heavy (non-hydrogen) atoms. The van der Waals surface area contributed by atoms with Crippen LogP contribution in [0, 0.1) is 0 Å². The highest BCUT2D eigenvalue weighted by Gasteiger charge is 2.11. The molecule has 0 aromatic carbocycles. The highest BCUT2D eigenvalue weighted by molar-refractivity contribution is 5.66. The fraction of sp³-hybridized carbons (Fsp3) is 0.500. The van der Waals surface area contributed by atoms with Crippen LogP contribution in [0.4, 0.5) is 5.82 Å². The fourth-order valence-corrected chi connectivity index (χ4v) is 1.98. The van der Waals surface area contributed by atoms with Crippen molar-refractivity contribution in [2.75, 3.05) is 11.9 Å². The summed E-state index contributed by atoms with van der Waals surface area (Å²) in [5.74, 6) is 0.120. The van der Waals surface area contributed by atoms with Gasteiger partial charge in [0.15, 0.2) is 0 Å². The summed E-state index contributed by atoms with van der Waals surface area (Å²) in [5, 5.41) is 11.6. The van der Waals surface area contributed by atoms with Crippen LogP contribution in [0.3, 0.4) is 0 Å². The van der Waals surface area contributed by atoms with E-state index in [1.807, 2.05) is 6.07 Å². The molecule has 0 bridgehead atoms. The number of fused-ring (bicyclic) bond motifs is 1. The predicted octanol–water partition coefficient (Wildman–Crippen LogP) is 1.85. The van der Waals surface area contributed by atoms with Crippen LogP contribution in [-0.2, 0) is 17.6 Å². The van der Waals surface area contributed by atoms with Gasteiger partial charge in [-0.3, -0.25) is 4.79 Å². The summed E-state index contributed by atoms with van der Waals surface area (Å²) in [4.78, 5) is 14.8. The van der Waals surface area contributed by atoms with Crippen molar-refractivity contribution in [3.05, 3.63) is 23.4 Å². The lowest BCUT2D eigenvalue weighted by molar-refractivity contribution is -0.137. The van der Waals surface area contributed by atoms with Crippen molar-refractivity contribution in [2.24, 2.45) is 0 Å².